The molecule has 0 amide bonds. The van der Waals surface area contributed by atoms with Crippen molar-refractivity contribution in [3.8, 4) is 16.7 Å². The lowest BCUT2D eigenvalue weighted by atomic mass is 10.3. The lowest BCUT2D eigenvalue weighted by molar-refractivity contribution is 0.409. The minimum Gasteiger partial charge on any atom is -0.497 e. The van der Waals surface area contributed by atoms with E-state index in [1.165, 1.54) is 6.33 Å². The van der Waals surface area contributed by atoms with E-state index in [-0.39, 0.29) is 0 Å². The number of hydrogen-bond acceptors (Lipinski definition) is 6. The van der Waals surface area contributed by atoms with Crippen molar-refractivity contribution < 1.29 is 9.47 Å². The van der Waals surface area contributed by atoms with Gasteiger partial charge in [-0.15, -0.1) is 0 Å². The van der Waals surface area contributed by atoms with Crippen LogP contribution in [0.15, 0.2) is 24.5 Å². The normalized spacial score (nSPS) is 9.93. The van der Waals surface area contributed by atoms with Gasteiger partial charge in [-0.2, -0.15) is 9.36 Å². The Bertz CT molecular complexity index is 445. The summed E-state index contributed by atoms with van der Waals surface area (Å²) >= 11 is 1.16. The highest BCUT2D eigenvalue weighted by Crippen LogP contribution is 2.31. The fraction of sp³-hybridized carbons (Fsp3) is 0.111. The smallest absolute Gasteiger partial charge is 0.298 e. The Morgan fingerprint density at radius 3 is 2.93 bits per heavy atom. The molecule has 2 N–H and O–H groups in total. The molecule has 0 aliphatic carbocycles. The topological polar surface area (TPSA) is 70.3 Å². The molecule has 0 saturated carbocycles. The molecule has 0 spiro atoms. The third-order valence-corrected chi connectivity index (χ3v) is 2.30. The monoisotopic (exact) mass is 223 g/mol. The van der Waals surface area contributed by atoms with E-state index in [1.807, 2.05) is 0 Å². The van der Waals surface area contributed by atoms with Gasteiger partial charge in [0.2, 0.25) is 0 Å². The van der Waals surface area contributed by atoms with E-state index in [1.54, 1.807) is 25.3 Å². The van der Waals surface area contributed by atoms with Crippen molar-refractivity contribution in [2.45, 2.75) is 0 Å². The molecule has 6 heteroatoms. The molecule has 1 heterocycles. The van der Waals surface area contributed by atoms with E-state index in [2.05, 4.69) is 9.36 Å². The molecule has 0 aliphatic heterocycles. The highest BCUT2D eigenvalue weighted by molar-refractivity contribution is 7.07. The first-order valence-electron chi connectivity index (χ1n) is 4.17. The summed E-state index contributed by atoms with van der Waals surface area (Å²) in [5.41, 5.74) is 6.27. The average Bonchev–Trinajstić information content (AvgIpc) is 2.74. The first-order valence-corrected chi connectivity index (χ1v) is 4.95. The molecule has 1 aromatic carbocycles. The van der Waals surface area contributed by atoms with E-state index in [4.69, 9.17) is 15.2 Å². The Morgan fingerprint density at radius 2 is 2.27 bits per heavy atom. The zero-order valence-corrected chi connectivity index (χ0v) is 8.82. The zero-order chi connectivity index (χ0) is 10.7. The molecular weight excluding hydrogens is 214 g/mol. The van der Waals surface area contributed by atoms with E-state index < -0.39 is 0 Å². The van der Waals surface area contributed by atoms with Gasteiger partial charge in [0.15, 0.2) is 5.75 Å². The van der Waals surface area contributed by atoms with E-state index in [9.17, 15) is 0 Å². The van der Waals surface area contributed by atoms with E-state index in [0.29, 0.717) is 22.4 Å². The molecule has 15 heavy (non-hydrogen) atoms. The lowest BCUT2D eigenvalue weighted by Gasteiger charge is -2.06. The van der Waals surface area contributed by atoms with Crippen molar-refractivity contribution in [3.63, 3.8) is 0 Å². The lowest BCUT2D eigenvalue weighted by Crippen LogP contribution is -1.92. The number of nitrogens with two attached hydrogens (primary N) is 1. The standard InChI is InChI=1S/C9H9N3O2S/c1-13-6-2-3-7(10)8(4-6)14-9-11-5-12-15-9/h2-5H,10H2,1H3. The number of hydrogen-bond donors (Lipinski definition) is 1. The second-order valence-corrected chi connectivity index (χ2v) is 3.46. The second kappa shape index (κ2) is 4.14. The maximum atomic E-state index is 5.74. The number of aromatic nitrogens is 2. The molecule has 78 valence electrons. The Labute approximate surface area is 90.6 Å². The van der Waals surface area contributed by atoms with Crippen molar-refractivity contribution in [2.75, 3.05) is 12.8 Å². The minimum atomic E-state index is 0.454. The van der Waals surface area contributed by atoms with Crippen LogP contribution in [0.5, 0.6) is 16.7 Å². The molecule has 1 aromatic heterocycles. The third-order valence-electron chi connectivity index (χ3n) is 1.76. The van der Waals surface area contributed by atoms with Gasteiger partial charge in [0.1, 0.15) is 12.1 Å². The number of ether oxygens (including phenoxy) is 2. The summed E-state index contributed by atoms with van der Waals surface area (Å²) in [5.74, 6) is 1.20. The molecule has 0 radical (unpaired) electrons. The minimum absolute atomic E-state index is 0.454. The number of nitrogen functional groups attached to an aromatic ring is 1. The maximum absolute atomic E-state index is 5.74. The number of nitrogens with zero attached hydrogens (tertiary/aromatic N) is 2. The van der Waals surface area contributed by atoms with Crippen LogP contribution in [-0.2, 0) is 0 Å². The van der Waals surface area contributed by atoms with Crippen LogP contribution in [0.25, 0.3) is 0 Å². The average molecular weight is 223 g/mol. The molecule has 2 rings (SSSR count). The molecule has 0 fully saturated rings. The van der Waals surface area contributed by atoms with Gasteiger partial charge >= 0.3 is 0 Å². The Kier molecular flexibility index (Phi) is 2.68. The number of methoxy groups -OCH3 is 1. The summed E-state index contributed by atoms with van der Waals surface area (Å²) in [7, 11) is 1.58. The molecule has 0 unspecified atom stereocenters. The van der Waals surface area contributed by atoms with Crippen LogP contribution in [0.3, 0.4) is 0 Å². The van der Waals surface area contributed by atoms with Crippen molar-refractivity contribution in [1.82, 2.24) is 9.36 Å². The largest absolute Gasteiger partial charge is 0.497 e. The van der Waals surface area contributed by atoms with Crippen LogP contribution in [0.4, 0.5) is 5.69 Å². The molecule has 0 bridgehead atoms. The molecule has 5 nitrogen and oxygen atoms in total. The molecule has 2 aromatic rings. The Balaban J connectivity index is 2.27. The molecule has 0 aliphatic rings. The van der Waals surface area contributed by atoms with Crippen molar-refractivity contribution in [3.05, 3.63) is 24.5 Å². The number of rotatable bonds is 3. The highest BCUT2D eigenvalue weighted by Gasteiger charge is 2.06. The fourth-order valence-corrected chi connectivity index (χ4v) is 1.44. The van der Waals surface area contributed by atoms with Crippen LogP contribution in [0.1, 0.15) is 0 Å². The summed E-state index contributed by atoms with van der Waals surface area (Å²) in [4.78, 5) is 3.90. The third kappa shape index (κ3) is 2.16. The van der Waals surface area contributed by atoms with Crippen LogP contribution in [0.2, 0.25) is 0 Å². The van der Waals surface area contributed by atoms with E-state index in [0.717, 1.165) is 11.5 Å². The molecular formula is C9H9N3O2S. The van der Waals surface area contributed by atoms with Gasteiger partial charge in [-0.3, -0.25) is 0 Å². The first-order chi connectivity index (χ1) is 7.29. The Hall–Kier alpha value is -1.82. The predicted molar refractivity (Wildman–Crippen MR) is 57.4 cm³/mol. The summed E-state index contributed by atoms with van der Waals surface area (Å²) in [6, 6.07) is 5.19. The van der Waals surface area contributed by atoms with Crippen LogP contribution in [-0.4, -0.2) is 16.5 Å². The van der Waals surface area contributed by atoms with Crippen LogP contribution in [0, 0.1) is 0 Å². The van der Waals surface area contributed by atoms with Crippen LogP contribution >= 0.6 is 11.5 Å². The summed E-state index contributed by atoms with van der Waals surface area (Å²) < 4.78 is 14.3. The first kappa shape index (κ1) is 9.72. The fourth-order valence-electron chi connectivity index (χ4n) is 1.03. The molecule has 0 atom stereocenters. The van der Waals surface area contributed by atoms with Gasteiger partial charge in [0.25, 0.3) is 5.19 Å². The summed E-state index contributed by atoms with van der Waals surface area (Å²) in [6.45, 7) is 0. The van der Waals surface area contributed by atoms with Crippen molar-refractivity contribution in [1.29, 1.82) is 0 Å². The van der Waals surface area contributed by atoms with Crippen molar-refractivity contribution >= 4 is 17.2 Å². The summed E-state index contributed by atoms with van der Waals surface area (Å²) in [5, 5.41) is 0.454. The quantitative estimate of drug-likeness (QED) is 0.805. The van der Waals surface area contributed by atoms with Gasteiger partial charge in [0.05, 0.1) is 12.8 Å². The molecule has 0 saturated heterocycles. The second-order valence-electron chi connectivity index (χ2n) is 2.71. The van der Waals surface area contributed by atoms with Gasteiger partial charge in [-0.1, -0.05) is 0 Å². The van der Waals surface area contributed by atoms with E-state index >= 15 is 0 Å². The number of anilines is 1. The van der Waals surface area contributed by atoms with Crippen molar-refractivity contribution in [2.24, 2.45) is 0 Å². The predicted octanol–water partition coefficient (Wildman–Crippen LogP) is 1.92. The maximum Gasteiger partial charge on any atom is 0.298 e. The van der Waals surface area contributed by atoms with Crippen LogP contribution < -0.4 is 15.2 Å². The zero-order valence-electron chi connectivity index (χ0n) is 8.01. The van der Waals surface area contributed by atoms with Gasteiger partial charge in [0, 0.05) is 17.6 Å². The Morgan fingerprint density at radius 1 is 1.40 bits per heavy atom. The van der Waals surface area contributed by atoms with Gasteiger partial charge < -0.3 is 15.2 Å². The highest BCUT2D eigenvalue weighted by atomic mass is 32.1. The summed E-state index contributed by atoms with van der Waals surface area (Å²) in [6.07, 6.45) is 1.43. The number of benzene rings is 1. The SMILES string of the molecule is COc1ccc(N)c(Oc2ncns2)c1. The van der Waals surface area contributed by atoms with Gasteiger partial charge in [-0.05, 0) is 12.1 Å². The van der Waals surface area contributed by atoms with Gasteiger partial charge in [-0.25, -0.2) is 0 Å².